The zero-order chi connectivity index (χ0) is 26.5. The van der Waals surface area contributed by atoms with Crippen molar-refractivity contribution in [3.8, 4) is 11.5 Å². The lowest BCUT2D eigenvalue weighted by molar-refractivity contribution is -0.126. The van der Waals surface area contributed by atoms with Crippen molar-refractivity contribution in [3.05, 3.63) is 48.3 Å². The SMILES string of the molecule is CC(C(=O)NC(C)(C)C)N(C(=O)CS(=O)CC(=O)Nc1ccc(F)cc1)c1ccc2c(c1)OCCO2. The van der Waals surface area contributed by atoms with Crippen LogP contribution in [0.2, 0.25) is 0 Å². The highest BCUT2D eigenvalue weighted by molar-refractivity contribution is 7.86. The lowest BCUT2D eigenvalue weighted by Crippen LogP contribution is -2.53. The Bertz CT molecular complexity index is 1150. The van der Waals surface area contributed by atoms with Gasteiger partial charge in [0, 0.05) is 33.8 Å². The fourth-order valence-electron chi connectivity index (χ4n) is 3.49. The molecule has 9 nitrogen and oxygen atoms in total. The molecule has 2 N–H and O–H groups in total. The van der Waals surface area contributed by atoms with Crippen LogP contribution >= 0.6 is 0 Å². The Balaban J connectivity index is 1.76. The topological polar surface area (TPSA) is 114 Å². The van der Waals surface area contributed by atoms with E-state index in [0.29, 0.717) is 36.1 Å². The molecule has 3 amide bonds. The van der Waals surface area contributed by atoms with Gasteiger partial charge >= 0.3 is 0 Å². The summed E-state index contributed by atoms with van der Waals surface area (Å²) in [7, 11) is -1.87. The first-order valence-corrected chi connectivity index (χ1v) is 12.9. The number of carbonyl (C=O) groups is 3. The van der Waals surface area contributed by atoms with Gasteiger partial charge in [0.05, 0.1) is 0 Å². The largest absolute Gasteiger partial charge is 0.486 e. The summed E-state index contributed by atoms with van der Waals surface area (Å²) in [6, 6.07) is 9.04. The molecule has 0 spiro atoms. The Labute approximate surface area is 211 Å². The maximum absolute atomic E-state index is 13.3. The fraction of sp³-hybridized carbons (Fsp3) is 0.400. The molecule has 0 aliphatic carbocycles. The highest BCUT2D eigenvalue weighted by Gasteiger charge is 2.31. The monoisotopic (exact) mass is 519 g/mol. The average Bonchev–Trinajstić information content (AvgIpc) is 2.79. The number of carbonyl (C=O) groups excluding carboxylic acids is 3. The number of hydrogen-bond acceptors (Lipinski definition) is 6. The Kier molecular flexibility index (Phi) is 8.67. The Morgan fingerprint density at radius 2 is 1.67 bits per heavy atom. The van der Waals surface area contributed by atoms with Gasteiger partial charge in [-0.15, -0.1) is 0 Å². The molecule has 11 heteroatoms. The number of anilines is 2. The molecule has 2 aromatic rings. The van der Waals surface area contributed by atoms with Gasteiger partial charge < -0.3 is 20.1 Å². The van der Waals surface area contributed by atoms with Crippen LogP contribution in [0.4, 0.5) is 15.8 Å². The summed E-state index contributed by atoms with van der Waals surface area (Å²) >= 11 is 0. The Morgan fingerprint density at radius 1 is 1.03 bits per heavy atom. The number of benzene rings is 2. The van der Waals surface area contributed by atoms with E-state index >= 15 is 0 Å². The van der Waals surface area contributed by atoms with Crippen LogP contribution in [0.5, 0.6) is 11.5 Å². The number of rotatable bonds is 8. The zero-order valence-corrected chi connectivity index (χ0v) is 21.4. The quantitative estimate of drug-likeness (QED) is 0.554. The maximum atomic E-state index is 13.3. The first-order chi connectivity index (χ1) is 16.9. The van der Waals surface area contributed by atoms with Gasteiger partial charge in [-0.1, -0.05) is 0 Å². The third-order valence-corrected chi connectivity index (χ3v) is 6.20. The van der Waals surface area contributed by atoms with Crippen molar-refractivity contribution in [1.82, 2.24) is 5.32 Å². The van der Waals surface area contributed by atoms with Crippen LogP contribution in [0.3, 0.4) is 0 Å². The van der Waals surface area contributed by atoms with Crippen LogP contribution in [0.1, 0.15) is 27.7 Å². The minimum atomic E-state index is -1.87. The van der Waals surface area contributed by atoms with Crippen molar-refractivity contribution in [2.24, 2.45) is 0 Å². The second-order valence-electron chi connectivity index (χ2n) is 9.29. The van der Waals surface area contributed by atoms with Crippen molar-refractivity contribution in [1.29, 1.82) is 0 Å². The molecule has 0 saturated heterocycles. The van der Waals surface area contributed by atoms with Crippen molar-refractivity contribution in [2.75, 3.05) is 34.9 Å². The van der Waals surface area contributed by atoms with Crippen molar-refractivity contribution >= 4 is 39.9 Å². The Morgan fingerprint density at radius 3 is 2.31 bits per heavy atom. The van der Waals surface area contributed by atoms with Crippen LogP contribution < -0.4 is 25.0 Å². The third-order valence-electron chi connectivity index (χ3n) is 5.04. The third kappa shape index (κ3) is 7.51. The van der Waals surface area contributed by atoms with E-state index in [1.54, 1.807) is 25.1 Å². The summed E-state index contributed by atoms with van der Waals surface area (Å²) in [5, 5.41) is 5.36. The van der Waals surface area contributed by atoms with Crippen molar-refractivity contribution < 1.29 is 32.5 Å². The van der Waals surface area contributed by atoms with Gasteiger partial charge in [0.15, 0.2) is 11.5 Å². The maximum Gasteiger partial charge on any atom is 0.243 e. The number of fused-ring (bicyclic) bond motifs is 1. The zero-order valence-electron chi connectivity index (χ0n) is 20.6. The van der Waals surface area contributed by atoms with Gasteiger partial charge in [0.2, 0.25) is 17.7 Å². The summed E-state index contributed by atoms with van der Waals surface area (Å²) in [5.74, 6) is -2.02. The average molecular weight is 520 g/mol. The number of hydrogen-bond donors (Lipinski definition) is 2. The van der Waals surface area contributed by atoms with E-state index in [2.05, 4.69) is 10.6 Å². The predicted octanol–water partition coefficient (Wildman–Crippen LogP) is 2.62. The lowest BCUT2D eigenvalue weighted by atomic mass is 10.1. The normalized spacial score (nSPS) is 14.4. The minimum Gasteiger partial charge on any atom is -0.486 e. The minimum absolute atomic E-state index is 0.343. The van der Waals surface area contributed by atoms with Crippen molar-refractivity contribution in [3.63, 3.8) is 0 Å². The lowest BCUT2D eigenvalue weighted by Gasteiger charge is -2.32. The molecule has 3 rings (SSSR count). The van der Waals surface area contributed by atoms with Gasteiger partial charge in [-0.25, -0.2) is 4.39 Å². The van der Waals surface area contributed by atoms with Gasteiger partial charge in [-0.3, -0.25) is 23.5 Å². The molecular formula is C25H30FN3O6S. The highest BCUT2D eigenvalue weighted by Crippen LogP contribution is 2.34. The van der Waals surface area contributed by atoms with E-state index in [1.807, 2.05) is 20.8 Å². The van der Waals surface area contributed by atoms with Crippen LogP contribution in [0.25, 0.3) is 0 Å². The number of halogens is 1. The van der Waals surface area contributed by atoms with Gasteiger partial charge in [0.1, 0.15) is 36.6 Å². The number of nitrogens with zero attached hydrogens (tertiary/aromatic N) is 1. The van der Waals surface area contributed by atoms with Crippen LogP contribution in [0.15, 0.2) is 42.5 Å². The van der Waals surface area contributed by atoms with E-state index in [1.165, 1.54) is 29.2 Å². The predicted molar refractivity (Wildman–Crippen MR) is 135 cm³/mol. The smallest absolute Gasteiger partial charge is 0.243 e. The standard InChI is InChI=1S/C25H30FN3O6S/c1-16(24(32)28-25(2,3)4)29(19-9-10-20-21(13-19)35-12-11-34-20)23(31)15-36(33)14-22(30)27-18-7-5-17(26)6-8-18/h5-10,13,16H,11-12,14-15H2,1-4H3,(H,27,30)(H,28,32). The molecule has 1 aliphatic rings. The molecule has 0 radical (unpaired) electrons. The molecule has 0 aromatic heterocycles. The van der Waals surface area contributed by atoms with Gasteiger partial charge in [-0.05, 0) is 64.1 Å². The van der Waals surface area contributed by atoms with Crippen LogP contribution in [-0.4, -0.2) is 58.2 Å². The second kappa shape index (κ2) is 11.5. The number of amides is 3. The molecule has 0 saturated carbocycles. The summed E-state index contributed by atoms with van der Waals surface area (Å²) in [4.78, 5) is 39.8. The fourth-order valence-corrected chi connectivity index (χ4v) is 4.37. The van der Waals surface area contributed by atoms with Gasteiger partial charge in [-0.2, -0.15) is 0 Å². The number of ether oxygens (including phenoxy) is 2. The molecule has 0 fully saturated rings. The molecule has 2 unspecified atom stereocenters. The molecule has 194 valence electrons. The summed E-state index contributed by atoms with van der Waals surface area (Å²) in [5.41, 5.74) is 0.178. The van der Waals surface area contributed by atoms with E-state index in [-0.39, 0.29) is 0 Å². The molecule has 0 bridgehead atoms. The first-order valence-electron chi connectivity index (χ1n) is 11.4. The van der Waals surface area contributed by atoms with Crippen molar-refractivity contribution in [2.45, 2.75) is 39.3 Å². The number of nitrogens with one attached hydrogen (secondary N) is 2. The molecule has 1 heterocycles. The van der Waals surface area contributed by atoms with Crippen LogP contribution in [-0.2, 0) is 25.2 Å². The summed E-state index contributed by atoms with van der Waals surface area (Å²) < 4.78 is 36.9. The highest BCUT2D eigenvalue weighted by atomic mass is 32.2. The Hall–Kier alpha value is -3.47. The second-order valence-corrected chi connectivity index (χ2v) is 10.7. The van der Waals surface area contributed by atoms with E-state index in [4.69, 9.17) is 9.47 Å². The molecular weight excluding hydrogens is 489 g/mol. The van der Waals surface area contributed by atoms with E-state index in [0.717, 1.165) is 0 Å². The summed E-state index contributed by atoms with van der Waals surface area (Å²) in [6.07, 6.45) is 0. The molecule has 36 heavy (non-hydrogen) atoms. The van der Waals surface area contributed by atoms with E-state index < -0.39 is 57.4 Å². The van der Waals surface area contributed by atoms with E-state index in [9.17, 15) is 23.0 Å². The summed E-state index contributed by atoms with van der Waals surface area (Å²) in [6.45, 7) is 7.78. The van der Waals surface area contributed by atoms with Gasteiger partial charge in [0.25, 0.3) is 0 Å². The molecule has 2 atom stereocenters. The molecule has 2 aromatic carbocycles. The van der Waals surface area contributed by atoms with Crippen LogP contribution in [0, 0.1) is 5.82 Å². The first kappa shape index (κ1) is 27.1. The molecule has 1 aliphatic heterocycles.